The van der Waals surface area contributed by atoms with Gasteiger partial charge in [-0.25, -0.2) is 14.5 Å². The second-order valence-electron chi connectivity index (χ2n) is 2.60. The molecule has 0 spiro atoms. The fourth-order valence-electron chi connectivity index (χ4n) is 0.458. The molecular formula is C9H23NO6. The minimum atomic E-state index is -0.179. The zero-order chi connectivity index (χ0) is 12.6. The van der Waals surface area contributed by atoms with E-state index >= 15 is 0 Å². The second kappa shape index (κ2) is 17.1. The van der Waals surface area contributed by atoms with Crippen LogP contribution in [0.25, 0.3) is 0 Å². The quantitative estimate of drug-likeness (QED) is 0.468. The molecule has 0 saturated heterocycles. The normalized spacial score (nSPS) is 10.1. The van der Waals surface area contributed by atoms with E-state index in [1.165, 1.54) is 6.42 Å². The van der Waals surface area contributed by atoms with Gasteiger partial charge in [0.25, 0.3) is 0 Å². The summed E-state index contributed by atoms with van der Waals surface area (Å²) in [5.74, 6) is 0. The van der Waals surface area contributed by atoms with Gasteiger partial charge in [0.05, 0.1) is 45.0 Å². The van der Waals surface area contributed by atoms with Crippen molar-refractivity contribution in [3.63, 3.8) is 0 Å². The minimum Gasteiger partial charge on any atom is -0.394 e. The maximum absolute atomic E-state index is 8.40. The molecule has 0 unspecified atom stereocenters. The molecular weight excluding hydrogens is 218 g/mol. The molecule has 0 rings (SSSR count). The highest BCUT2D eigenvalue weighted by Crippen LogP contribution is 1.93. The highest BCUT2D eigenvalue weighted by atomic mass is 17.2. The molecule has 0 bridgehead atoms. The molecule has 0 aromatic rings. The number of aliphatic hydroxyl groups is 3. The maximum atomic E-state index is 8.40. The van der Waals surface area contributed by atoms with Gasteiger partial charge in [-0.1, -0.05) is 20.3 Å². The predicted octanol–water partition coefficient (Wildman–Crippen LogP) is -0.524. The average molecular weight is 241 g/mol. The SMILES string of the molecule is CCC.OCCON(OCCO)OCCO. The van der Waals surface area contributed by atoms with Crippen LogP contribution in [0.2, 0.25) is 0 Å². The van der Waals surface area contributed by atoms with Gasteiger partial charge in [-0.2, -0.15) is 0 Å². The van der Waals surface area contributed by atoms with Crippen LogP contribution in [-0.4, -0.2) is 60.4 Å². The van der Waals surface area contributed by atoms with Crippen molar-refractivity contribution >= 4 is 0 Å². The highest BCUT2D eigenvalue weighted by molar-refractivity contribution is 4.19. The molecule has 100 valence electrons. The standard InChI is InChI=1S/C6H15NO6.C3H8/c8-1-4-11-7(12-5-2-9)13-6-3-10;1-3-2/h8-10H,1-6H2;3H2,1-2H3. The number of rotatable bonds is 9. The molecule has 0 amide bonds. The molecule has 0 aromatic carbocycles. The molecule has 0 aliphatic heterocycles. The van der Waals surface area contributed by atoms with E-state index in [1.807, 2.05) is 0 Å². The zero-order valence-corrected chi connectivity index (χ0v) is 9.96. The fraction of sp³-hybridized carbons (Fsp3) is 1.00. The minimum absolute atomic E-state index is 0.0108. The first-order chi connectivity index (χ1) is 7.76. The van der Waals surface area contributed by atoms with Gasteiger partial charge < -0.3 is 15.3 Å². The number of aliphatic hydroxyl groups excluding tert-OH is 3. The summed E-state index contributed by atoms with van der Waals surface area (Å²) < 4.78 is 0. The van der Waals surface area contributed by atoms with E-state index in [1.54, 1.807) is 0 Å². The lowest BCUT2D eigenvalue weighted by Gasteiger charge is -2.17. The summed E-state index contributed by atoms with van der Waals surface area (Å²) in [7, 11) is 0. The highest BCUT2D eigenvalue weighted by Gasteiger charge is 2.05. The summed E-state index contributed by atoms with van der Waals surface area (Å²) in [6, 6.07) is 0. The molecule has 0 heterocycles. The van der Waals surface area contributed by atoms with Crippen molar-refractivity contribution in [3.8, 4) is 0 Å². The fourth-order valence-corrected chi connectivity index (χ4v) is 0.458. The lowest BCUT2D eigenvalue weighted by Crippen LogP contribution is -2.28. The van der Waals surface area contributed by atoms with Crippen LogP contribution < -0.4 is 0 Å². The summed E-state index contributed by atoms with van der Waals surface area (Å²) in [4.78, 5) is 14.1. The van der Waals surface area contributed by atoms with Gasteiger partial charge in [0, 0.05) is 0 Å². The number of hydrogen-bond acceptors (Lipinski definition) is 7. The van der Waals surface area contributed by atoms with Gasteiger partial charge in [-0.3, -0.25) is 0 Å². The van der Waals surface area contributed by atoms with Crippen molar-refractivity contribution in [2.45, 2.75) is 20.3 Å². The van der Waals surface area contributed by atoms with Crippen LogP contribution in [0.4, 0.5) is 0 Å². The van der Waals surface area contributed by atoms with Crippen LogP contribution in [0, 0.1) is 0 Å². The monoisotopic (exact) mass is 241 g/mol. The number of nitrogens with zero attached hydrogens (tertiary/aromatic N) is 1. The lowest BCUT2D eigenvalue weighted by molar-refractivity contribution is -0.527. The Hall–Kier alpha value is -0.280. The molecule has 0 aliphatic rings. The van der Waals surface area contributed by atoms with Crippen molar-refractivity contribution in [3.05, 3.63) is 0 Å². The average Bonchev–Trinajstić information content (AvgIpc) is 2.29. The van der Waals surface area contributed by atoms with E-state index in [0.717, 1.165) is 0 Å². The molecule has 0 aliphatic carbocycles. The van der Waals surface area contributed by atoms with Gasteiger partial charge in [0.1, 0.15) is 0 Å². The Morgan fingerprint density at radius 2 is 1.00 bits per heavy atom. The molecule has 0 radical (unpaired) electrons. The van der Waals surface area contributed by atoms with Gasteiger partial charge in [0.2, 0.25) is 0 Å². The van der Waals surface area contributed by atoms with Crippen LogP contribution in [0.3, 0.4) is 0 Å². The topological polar surface area (TPSA) is 91.6 Å². The van der Waals surface area contributed by atoms with E-state index < -0.39 is 0 Å². The Balaban J connectivity index is 0. The smallest absolute Gasteiger partial charge is 0.0967 e. The van der Waals surface area contributed by atoms with Gasteiger partial charge >= 0.3 is 0 Å². The number of hydrogen-bond donors (Lipinski definition) is 3. The predicted molar refractivity (Wildman–Crippen MR) is 56.9 cm³/mol. The molecule has 0 aromatic heterocycles. The van der Waals surface area contributed by atoms with E-state index in [9.17, 15) is 0 Å². The summed E-state index contributed by atoms with van der Waals surface area (Å²) in [5, 5.41) is 25.9. The Bertz CT molecular complexity index is 97.2. The molecule has 7 nitrogen and oxygen atoms in total. The summed E-state index contributed by atoms with van der Waals surface area (Å²) >= 11 is 0. The lowest BCUT2D eigenvalue weighted by atomic mass is 10.6. The first-order valence-corrected chi connectivity index (χ1v) is 5.28. The van der Waals surface area contributed by atoms with Crippen LogP contribution >= 0.6 is 0 Å². The molecule has 0 fully saturated rings. The van der Waals surface area contributed by atoms with Crippen LogP contribution in [-0.2, 0) is 14.5 Å². The summed E-state index contributed by atoms with van der Waals surface area (Å²) in [6.07, 6.45) is 1.25. The van der Waals surface area contributed by atoms with Gasteiger partial charge in [-0.15, -0.1) is 0 Å². The van der Waals surface area contributed by atoms with E-state index in [0.29, 0.717) is 5.39 Å². The van der Waals surface area contributed by atoms with Crippen molar-refractivity contribution in [2.75, 3.05) is 39.6 Å². The third-order valence-corrected chi connectivity index (χ3v) is 0.864. The molecule has 16 heavy (non-hydrogen) atoms. The second-order valence-corrected chi connectivity index (χ2v) is 2.60. The van der Waals surface area contributed by atoms with E-state index in [4.69, 9.17) is 29.8 Å². The van der Waals surface area contributed by atoms with Crippen LogP contribution in [0.15, 0.2) is 0 Å². The molecule has 3 N–H and O–H groups in total. The summed E-state index contributed by atoms with van der Waals surface area (Å²) in [6.45, 7) is 3.75. The van der Waals surface area contributed by atoms with Crippen molar-refractivity contribution in [1.82, 2.24) is 5.39 Å². The maximum Gasteiger partial charge on any atom is 0.0967 e. The Kier molecular flexibility index (Phi) is 19.4. The first-order valence-electron chi connectivity index (χ1n) is 5.28. The summed E-state index contributed by atoms with van der Waals surface area (Å²) in [5.41, 5.74) is 0. The van der Waals surface area contributed by atoms with Crippen molar-refractivity contribution < 1.29 is 29.8 Å². The van der Waals surface area contributed by atoms with Gasteiger partial charge in [0.15, 0.2) is 0 Å². The van der Waals surface area contributed by atoms with Crippen LogP contribution in [0.5, 0.6) is 0 Å². The van der Waals surface area contributed by atoms with Crippen molar-refractivity contribution in [2.24, 2.45) is 0 Å². The van der Waals surface area contributed by atoms with Crippen molar-refractivity contribution in [1.29, 1.82) is 0 Å². The molecule has 7 heteroatoms. The Morgan fingerprint density at radius 3 is 1.19 bits per heavy atom. The molecule has 0 saturated carbocycles. The third-order valence-electron chi connectivity index (χ3n) is 0.864. The third kappa shape index (κ3) is 16.2. The van der Waals surface area contributed by atoms with E-state index in [-0.39, 0.29) is 39.6 Å². The Morgan fingerprint density at radius 1 is 0.750 bits per heavy atom. The zero-order valence-electron chi connectivity index (χ0n) is 9.96. The van der Waals surface area contributed by atoms with Crippen LogP contribution in [0.1, 0.15) is 20.3 Å². The Labute approximate surface area is 96.0 Å². The van der Waals surface area contributed by atoms with Gasteiger partial charge in [-0.05, 0) is 0 Å². The largest absolute Gasteiger partial charge is 0.394 e. The van der Waals surface area contributed by atoms with E-state index in [2.05, 4.69) is 13.8 Å². The molecule has 0 atom stereocenters. The first kappa shape index (κ1) is 18.1.